The van der Waals surface area contributed by atoms with Gasteiger partial charge in [0.2, 0.25) is 0 Å². The molecule has 1 saturated heterocycles. The Morgan fingerprint density at radius 1 is 1.28 bits per heavy atom. The van der Waals surface area contributed by atoms with Crippen molar-refractivity contribution >= 4 is 5.69 Å². The second-order valence-electron chi connectivity index (χ2n) is 5.69. The number of hydrogen-bond donors (Lipinski definition) is 2. The molecule has 0 aliphatic carbocycles. The van der Waals surface area contributed by atoms with Crippen molar-refractivity contribution in [2.45, 2.75) is 44.8 Å². The molecule has 0 spiro atoms. The highest BCUT2D eigenvalue weighted by Crippen LogP contribution is 2.29. The Balaban J connectivity index is 2.21. The average molecular weight is 248 g/mol. The fourth-order valence-electron chi connectivity index (χ4n) is 2.66. The van der Waals surface area contributed by atoms with Crippen LogP contribution in [0.15, 0.2) is 24.3 Å². The first-order valence-electron chi connectivity index (χ1n) is 6.81. The Morgan fingerprint density at radius 2 is 2.00 bits per heavy atom. The monoisotopic (exact) mass is 248 g/mol. The predicted molar refractivity (Wildman–Crippen MR) is 75.7 cm³/mol. The molecule has 1 aromatic carbocycles. The summed E-state index contributed by atoms with van der Waals surface area (Å²) in [5, 5.41) is 10.1. The van der Waals surface area contributed by atoms with Gasteiger partial charge in [-0.15, -0.1) is 0 Å². The van der Waals surface area contributed by atoms with E-state index in [-0.39, 0.29) is 6.04 Å². The van der Waals surface area contributed by atoms with Crippen LogP contribution < -0.4 is 10.6 Å². The van der Waals surface area contributed by atoms with Gasteiger partial charge in [0, 0.05) is 24.8 Å². The summed E-state index contributed by atoms with van der Waals surface area (Å²) in [7, 11) is 0. The summed E-state index contributed by atoms with van der Waals surface area (Å²) < 4.78 is 0. The maximum Gasteiger partial charge on any atom is 0.0637 e. The van der Waals surface area contributed by atoms with Gasteiger partial charge in [-0.2, -0.15) is 0 Å². The molecule has 1 unspecified atom stereocenters. The smallest absolute Gasteiger partial charge is 0.0637 e. The number of aliphatic hydroxyl groups is 1. The van der Waals surface area contributed by atoms with Gasteiger partial charge in [0.05, 0.1) is 5.60 Å². The highest BCUT2D eigenvalue weighted by Gasteiger charge is 2.25. The number of nitrogens with two attached hydrogens (primary N) is 1. The van der Waals surface area contributed by atoms with Gasteiger partial charge in [0.15, 0.2) is 0 Å². The lowest BCUT2D eigenvalue weighted by molar-refractivity contribution is 0.0481. The minimum absolute atomic E-state index is 0.0463. The van der Waals surface area contributed by atoms with Crippen LogP contribution in [0, 0.1) is 0 Å². The molecular formula is C15H24N2O. The molecule has 0 aromatic heterocycles. The van der Waals surface area contributed by atoms with E-state index >= 15 is 0 Å². The van der Waals surface area contributed by atoms with Gasteiger partial charge in [-0.3, -0.25) is 0 Å². The van der Waals surface area contributed by atoms with Crippen molar-refractivity contribution < 1.29 is 5.11 Å². The van der Waals surface area contributed by atoms with E-state index in [1.54, 1.807) is 0 Å². The van der Waals surface area contributed by atoms with Crippen molar-refractivity contribution in [2.24, 2.45) is 5.73 Å². The molecule has 1 heterocycles. The number of benzene rings is 1. The largest absolute Gasteiger partial charge is 0.390 e. The van der Waals surface area contributed by atoms with Crippen LogP contribution in [0.2, 0.25) is 0 Å². The van der Waals surface area contributed by atoms with E-state index in [2.05, 4.69) is 23.1 Å². The first-order valence-corrected chi connectivity index (χ1v) is 6.81. The SMILES string of the molecule is C[C@@H](N)c1ccccc1N1CCCC(C)(O)CC1. The Morgan fingerprint density at radius 3 is 2.72 bits per heavy atom. The van der Waals surface area contributed by atoms with E-state index in [4.69, 9.17) is 5.73 Å². The maximum absolute atomic E-state index is 10.1. The molecule has 2 atom stereocenters. The second-order valence-corrected chi connectivity index (χ2v) is 5.69. The van der Waals surface area contributed by atoms with E-state index in [1.807, 2.05) is 19.9 Å². The summed E-state index contributed by atoms with van der Waals surface area (Å²) in [6.07, 6.45) is 2.73. The topological polar surface area (TPSA) is 49.5 Å². The number of anilines is 1. The molecule has 0 bridgehead atoms. The molecular weight excluding hydrogens is 224 g/mol. The van der Waals surface area contributed by atoms with Crippen LogP contribution in [0.25, 0.3) is 0 Å². The lowest BCUT2D eigenvalue weighted by Gasteiger charge is -2.27. The molecule has 3 N–H and O–H groups in total. The molecule has 0 saturated carbocycles. The zero-order chi connectivity index (χ0) is 13.2. The van der Waals surface area contributed by atoms with Crippen molar-refractivity contribution in [3.8, 4) is 0 Å². The van der Waals surface area contributed by atoms with Crippen molar-refractivity contribution in [3.05, 3.63) is 29.8 Å². The number of para-hydroxylation sites is 1. The fourth-order valence-corrected chi connectivity index (χ4v) is 2.66. The van der Waals surface area contributed by atoms with Gasteiger partial charge in [-0.25, -0.2) is 0 Å². The third-order valence-electron chi connectivity index (χ3n) is 3.83. The molecule has 100 valence electrons. The molecule has 1 fully saturated rings. The predicted octanol–water partition coefficient (Wildman–Crippen LogP) is 2.45. The van der Waals surface area contributed by atoms with Gasteiger partial charge >= 0.3 is 0 Å². The normalized spacial score (nSPS) is 26.8. The lowest BCUT2D eigenvalue weighted by atomic mass is 9.98. The van der Waals surface area contributed by atoms with Gasteiger partial charge in [-0.05, 0) is 44.7 Å². The van der Waals surface area contributed by atoms with Gasteiger partial charge in [0.25, 0.3) is 0 Å². The zero-order valence-corrected chi connectivity index (χ0v) is 11.4. The van der Waals surface area contributed by atoms with E-state index in [1.165, 1.54) is 11.3 Å². The fraction of sp³-hybridized carbons (Fsp3) is 0.600. The Hall–Kier alpha value is -1.06. The van der Waals surface area contributed by atoms with Gasteiger partial charge in [-0.1, -0.05) is 18.2 Å². The van der Waals surface area contributed by atoms with Gasteiger partial charge in [0.1, 0.15) is 0 Å². The molecule has 0 amide bonds. The zero-order valence-electron chi connectivity index (χ0n) is 11.4. The van der Waals surface area contributed by atoms with Crippen LogP contribution >= 0.6 is 0 Å². The molecule has 3 heteroatoms. The minimum Gasteiger partial charge on any atom is -0.390 e. The molecule has 1 aliphatic heterocycles. The molecule has 3 nitrogen and oxygen atoms in total. The standard InChI is InChI=1S/C15H24N2O/c1-12(16)13-6-3-4-7-14(13)17-10-5-8-15(2,18)9-11-17/h3-4,6-7,12,18H,5,8-11,16H2,1-2H3/t12-,15?/m1/s1. The summed E-state index contributed by atoms with van der Waals surface area (Å²) >= 11 is 0. The van der Waals surface area contributed by atoms with Crippen molar-refractivity contribution in [1.29, 1.82) is 0 Å². The molecule has 1 aromatic rings. The highest BCUT2D eigenvalue weighted by atomic mass is 16.3. The quantitative estimate of drug-likeness (QED) is 0.845. The van der Waals surface area contributed by atoms with Crippen molar-refractivity contribution in [3.63, 3.8) is 0 Å². The average Bonchev–Trinajstić information content (AvgIpc) is 2.50. The van der Waals surface area contributed by atoms with Crippen LogP contribution in [0.4, 0.5) is 5.69 Å². The Bertz CT molecular complexity index is 401. The molecule has 18 heavy (non-hydrogen) atoms. The summed E-state index contributed by atoms with van der Waals surface area (Å²) in [6, 6.07) is 8.38. The first-order chi connectivity index (χ1) is 8.49. The first kappa shape index (κ1) is 13.4. The maximum atomic E-state index is 10.1. The van der Waals surface area contributed by atoms with E-state index in [0.717, 1.165) is 32.4 Å². The van der Waals surface area contributed by atoms with Crippen LogP contribution in [0.5, 0.6) is 0 Å². The van der Waals surface area contributed by atoms with E-state index in [0.29, 0.717) is 0 Å². The molecule has 1 aliphatic rings. The summed E-state index contributed by atoms with van der Waals surface area (Å²) in [5.74, 6) is 0. The highest BCUT2D eigenvalue weighted by molar-refractivity contribution is 5.55. The van der Waals surface area contributed by atoms with E-state index in [9.17, 15) is 5.11 Å². The third kappa shape index (κ3) is 3.03. The van der Waals surface area contributed by atoms with Crippen molar-refractivity contribution in [1.82, 2.24) is 0 Å². The second kappa shape index (κ2) is 5.29. The number of nitrogens with zero attached hydrogens (tertiary/aromatic N) is 1. The van der Waals surface area contributed by atoms with Crippen molar-refractivity contribution in [2.75, 3.05) is 18.0 Å². The Labute approximate surface area is 110 Å². The summed E-state index contributed by atoms with van der Waals surface area (Å²) in [6.45, 7) is 5.86. The third-order valence-corrected chi connectivity index (χ3v) is 3.83. The summed E-state index contributed by atoms with van der Waals surface area (Å²) in [5.41, 5.74) is 7.94. The van der Waals surface area contributed by atoms with E-state index < -0.39 is 5.60 Å². The summed E-state index contributed by atoms with van der Waals surface area (Å²) in [4.78, 5) is 2.36. The van der Waals surface area contributed by atoms with Crippen LogP contribution in [-0.4, -0.2) is 23.8 Å². The minimum atomic E-state index is -0.516. The van der Waals surface area contributed by atoms with Crippen LogP contribution in [0.3, 0.4) is 0 Å². The van der Waals surface area contributed by atoms with Gasteiger partial charge < -0.3 is 15.7 Å². The molecule has 2 rings (SSSR count). The Kier molecular flexibility index (Phi) is 3.93. The number of rotatable bonds is 2. The van der Waals surface area contributed by atoms with Crippen LogP contribution in [0.1, 0.15) is 44.7 Å². The molecule has 0 radical (unpaired) electrons. The van der Waals surface area contributed by atoms with Crippen LogP contribution in [-0.2, 0) is 0 Å². The number of hydrogen-bond acceptors (Lipinski definition) is 3. The lowest BCUT2D eigenvalue weighted by Crippen LogP contribution is -2.29.